The molecule has 1 amide bonds. The molecule has 2 aliphatic heterocycles. The standard InChI is InChI=1S/C20H22N2O4/c1-11(23)15-17-14-4-2-3-13(6-5-12-7-9-21-10-8-12)16(14)18(20(25)26)22(17)19(15)24/h5-11,13-15,17,23H,2-4H2,1H3,(H,25,26)/b6-5-/t11-,13-,14+,15-,17-/m1/s1. The van der Waals surface area contributed by atoms with Crippen molar-refractivity contribution in [3.05, 3.63) is 47.4 Å². The Morgan fingerprint density at radius 3 is 2.73 bits per heavy atom. The number of carbonyl (C=O) groups is 2. The van der Waals surface area contributed by atoms with Crippen LogP contribution in [0.5, 0.6) is 0 Å². The number of pyridine rings is 1. The maximum atomic E-state index is 12.5. The average Bonchev–Trinajstić information content (AvgIpc) is 2.92. The molecule has 2 N–H and O–H groups in total. The molecule has 0 spiro atoms. The zero-order valence-electron chi connectivity index (χ0n) is 14.6. The van der Waals surface area contributed by atoms with Gasteiger partial charge in [0.1, 0.15) is 5.70 Å². The first-order chi connectivity index (χ1) is 12.5. The largest absolute Gasteiger partial charge is 0.477 e. The van der Waals surface area contributed by atoms with Gasteiger partial charge in [0, 0.05) is 24.2 Å². The molecule has 1 aromatic rings. The van der Waals surface area contributed by atoms with Crippen LogP contribution in [0.1, 0.15) is 31.7 Å². The number of carboxylic acids is 1. The number of fused-ring (bicyclic) bond motifs is 3. The molecule has 3 aliphatic rings. The third kappa shape index (κ3) is 2.48. The molecular formula is C20H22N2O4. The molecule has 4 rings (SSSR count). The lowest BCUT2D eigenvalue weighted by atomic mass is 9.69. The van der Waals surface area contributed by atoms with E-state index >= 15 is 0 Å². The minimum Gasteiger partial charge on any atom is -0.477 e. The third-order valence-corrected chi connectivity index (χ3v) is 5.89. The zero-order valence-corrected chi connectivity index (χ0v) is 14.6. The van der Waals surface area contributed by atoms with Crippen molar-refractivity contribution in [2.45, 2.75) is 38.3 Å². The summed E-state index contributed by atoms with van der Waals surface area (Å²) in [5.41, 5.74) is 2.01. The van der Waals surface area contributed by atoms with E-state index in [4.69, 9.17) is 0 Å². The summed E-state index contributed by atoms with van der Waals surface area (Å²) < 4.78 is 0. The van der Waals surface area contributed by atoms with Gasteiger partial charge in [0.25, 0.3) is 0 Å². The summed E-state index contributed by atoms with van der Waals surface area (Å²) in [7, 11) is 0. The average molecular weight is 354 g/mol. The SMILES string of the molecule is C[C@@H](O)[C@H]1C(=O)N2C(C(=O)O)=C3[C@@H](/C=C\c4ccncc4)CCC[C@@H]3[C@H]12. The number of nitrogens with zero attached hydrogens (tertiary/aromatic N) is 2. The van der Waals surface area contributed by atoms with Crippen molar-refractivity contribution < 1.29 is 19.8 Å². The highest BCUT2D eigenvalue weighted by Gasteiger charge is 2.61. The number of β-lactam (4-membered cyclic amide) rings is 1. The molecule has 0 radical (unpaired) electrons. The molecule has 3 heterocycles. The van der Waals surface area contributed by atoms with Gasteiger partial charge in [0.05, 0.1) is 18.1 Å². The lowest BCUT2D eigenvalue weighted by Gasteiger charge is -2.47. The second kappa shape index (κ2) is 6.36. The van der Waals surface area contributed by atoms with Gasteiger partial charge in [-0.25, -0.2) is 4.79 Å². The number of rotatable bonds is 4. The number of carbonyl (C=O) groups excluding carboxylic acids is 1. The summed E-state index contributed by atoms with van der Waals surface area (Å²) in [5.74, 6) is -1.77. The van der Waals surface area contributed by atoms with Gasteiger partial charge in [0.15, 0.2) is 0 Å². The molecule has 1 saturated heterocycles. The lowest BCUT2D eigenvalue weighted by molar-refractivity contribution is -0.163. The van der Waals surface area contributed by atoms with Crippen molar-refractivity contribution in [2.24, 2.45) is 17.8 Å². The fourth-order valence-electron chi connectivity index (χ4n) is 4.83. The Morgan fingerprint density at radius 2 is 2.08 bits per heavy atom. The Balaban J connectivity index is 1.70. The van der Waals surface area contributed by atoms with Gasteiger partial charge in [-0.3, -0.25) is 9.78 Å². The van der Waals surface area contributed by atoms with Crippen LogP contribution in [0.25, 0.3) is 6.08 Å². The minimum atomic E-state index is -1.05. The topological polar surface area (TPSA) is 90.7 Å². The maximum absolute atomic E-state index is 12.5. The molecule has 0 unspecified atom stereocenters. The highest BCUT2D eigenvalue weighted by Crippen LogP contribution is 2.54. The van der Waals surface area contributed by atoms with Crippen LogP contribution in [0, 0.1) is 17.8 Å². The van der Waals surface area contributed by atoms with Crippen molar-refractivity contribution in [3.8, 4) is 0 Å². The highest BCUT2D eigenvalue weighted by molar-refractivity contribution is 6.00. The minimum absolute atomic E-state index is 0.000985. The van der Waals surface area contributed by atoms with E-state index in [0.717, 1.165) is 30.4 Å². The number of amides is 1. The van der Waals surface area contributed by atoms with Crippen molar-refractivity contribution in [3.63, 3.8) is 0 Å². The summed E-state index contributed by atoms with van der Waals surface area (Å²) in [4.78, 5) is 29.8. The van der Waals surface area contributed by atoms with Crippen LogP contribution in [0.3, 0.4) is 0 Å². The fraction of sp³-hybridized carbons (Fsp3) is 0.450. The van der Waals surface area contributed by atoms with E-state index in [1.807, 2.05) is 24.3 Å². The zero-order chi connectivity index (χ0) is 18.4. The first kappa shape index (κ1) is 17.0. The number of aliphatic hydroxyl groups excluding tert-OH is 1. The Morgan fingerprint density at radius 1 is 1.35 bits per heavy atom. The Hall–Kier alpha value is -2.47. The maximum Gasteiger partial charge on any atom is 0.352 e. The molecule has 26 heavy (non-hydrogen) atoms. The predicted molar refractivity (Wildman–Crippen MR) is 94.6 cm³/mol. The number of hydrogen-bond donors (Lipinski definition) is 2. The number of aliphatic hydroxyl groups is 1. The molecule has 1 aliphatic carbocycles. The highest BCUT2D eigenvalue weighted by atomic mass is 16.4. The van der Waals surface area contributed by atoms with Gasteiger partial charge in [-0.1, -0.05) is 18.6 Å². The molecule has 2 fully saturated rings. The Kier molecular flexibility index (Phi) is 4.15. The fourth-order valence-corrected chi connectivity index (χ4v) is 4.83. The molecule has 1 aromatic heterocycles. The second-order valence-electron chi connectivity index (χ2n) is 7.36. The van der Waals surface area contributed by atoms with Gasteiger partial charge in [-0.2, -0.15) is 0 Å². The first-order valence-electron chi connectivity index (χ1n) is 9.07. The lowest BCUT2D eigenvalue weighted by Crippen LogP contribution is -2.64. The van der Waals surface area contributed by atoms with E-state index in [2.05, 4.69) is 4.98 Å². The van der Waals surface area contributed by atoms with Crippen LogP contribution < -0.4 is 0 Å². The quantitative estimate of drug-likeness (QED) is 0.808. The van der Waals surface area contributed by atoms with E-state index in [1.54, 1.807) is 19.3 Å². The number of aromatic nitrogens is 1. The van der Waals surface area contributed by atoms with Crippen LogP contribution in [-0.2, 0) is 9.59 Å². The molecule has 6 nitrogen and oxygen atoms in total. The first-order valence-corrected chi connectivity index (χ1v) is 9.07. The second-order valence-corrected chi connectivity index (χ2v) is 7.36. The number of carboxylic acid groups (broad SMARTS) is 1. The third-order valence-electron chi connectivity index (χ3n) is 5.89. The van der Waals surface area contributed by atoms with Gasteiger partial charge in [-0.15, -0.1) is 0 Å². The molecule has 6 heteroatoms. The van der Waals surface area contributed by atoms with E-state index in [0.29, 0.717) is 0 Å². The molecule has 1 saturated carbocycles. The Bertz CT molecular complexity index is 799. The van der Waals surface area contributed by atoms with Gasteiger partial charge in [-0.05, 0) is 43.0 Å². The number of allylic oxidation sites excluding steroid dienone is 1. The van der Waals surface area contributed by atoms with E-state index in [9.17, 15) is 19.8 Å². The molecular weight excluding hydrogens is 332 g/mol. The van der Waals surface area contributed by atoms with Crippen LogP contribution >= 0.6 is 0 Å². The monoisotopic (exact) mass is 354 g/mol. The normalized spacial score (nSPS) is 31.6. The van der Waals surface area contributed by atoms with Crippen molar-refractivity contribution in [1.82, 2.24) is 9.88 Å². The summed E-state index contributed by atoms with van der Waals surface area (Å²) in [6, 6.07) is 3.59. The van der Waals surface area contributed by atoms with E-state index in [1.165, 1.54) is 4.90 Å². The van der Waals surface area contributed by atoms with Gasteiger partial charge in [0.2, 0.25) is 5.91 Å². The molecule has 136 valence electrons. The smallest absolute Gasteiger partial charge is 0.352 e. The summed E-state index contributed by atoms with van der Waals surface area (Å²) >= 11 is 0. The predicted octanol–water partition coefficient (Wildman–Crippen LogP) is 2.07. The van der Waals surface area contributed by atoms with E-state index in [-0.39, 0.29) is 29.5 Å². The van der Waals surface area contributed by atoms with Crippen molar-refractivity contribution in [1.29, 1.82) is 0 Å². The van der Waals surface area contributed by atoms with Crippen molar-refractivity contribution in [2.75, 3.05) is 0 Å². The molecule has 0 aromatic carbocycles. The van der Waals surface area contributed by atoms with Crippen molar-refractivity contribution >= 4 is 18.0 Å². The van der Waals surface area contributed by atoms with Crippen LogP contribution in [0.2, 0.25) is 0 Å². The Labute approximate surface area is 151 Å². The van der Waals surface area contributed by atoms with Crippen LogP contribution in [0.15, 0.2) is 41.9 Å². The molecule has 5 atom stereocenters. The van der Waals surface area contributed by atoms with E-state index < -0.39 is 18.0 Å². The van der Waals surface area contributed by atoms with Crippen LogP contribution in [-0.4, -0.2) is 44.1 Å². The number of aliphatic carboxylic acids is 1. The summed E-state index contributed by atoms with van der Waals surface area (Å²) in [6.07, 6.45) is 9.44. The van der Waals surface area contributed by atoms with Gasteiger partial charge < -0.3 is 15.1 Å². The molecule has 0 bridgehead atoms. The number of hydrogen-bond acceptors (Lipinski definition) is 4. The summed E-state index contributed by atoms with van der Waals surface area (Å²) in [6.45, 7) is 1.61. The van der Waals surface area contributed by atoms with Crippen LogP contribution in [0.4, 0.5) is 0 Å². The van der Waals surface area contributed by atoms with Gasteiger partial charge >= 0.3 is 5.97 Å². The summed E-state index contributed by atoms with van der Waals surface area (Å²) in [5, 5.41) is 19.8.